The Labute approximate surface area is 123 Å². The Kier molecular flexibility index (Phi) is 4.89. The lowest BCUT2D eigenvalue weighted by molar-refractivity contribution is -0.114. The van der Waals surface area contributed by atoms with Crippen LogP contribution in [0.4, 0.5) is 11.4 Å². The lowest BCUT2D eigenvalue weighted by Gasteiger charge is -2.10. The number of carbonyl (C=O) groups is 1. The zero-order valence-electron chi connectivity index (χ0n) is 12.1. The zero-order valence-corrected chi connectivity index (χ0v) is 12.1. The number of nitrogens with one attached hydrogen (secondary N) is 2. The van der Waals surface area contributed by atoms with Crippen molar-refractivity contribution in [2.45, 2.75) is 26.9 Å². The summed E-state index contributed by atoms with van der Waals surface area (Å²) in [5.74, 6) is -0.0952. The summed E-state index contributed by atoms with van der Waals surface area (Å²) in [5.41, 5.74) is 3.47. The second kappa shape index (κ2) is 6.85. The second-order valence-electron chi connectivity index (χ2n) is 4.76. The minimum Gasteiger partial charge on any atom is -0.394 e. The van der Waals surface area contributed by atoms with E-state index in [-0.39, 0.29) is 12.5 Å². The number of carbonyl (C=O) groups excluding carboxylic acids is 1. The predicted molar refractivity (Wildman–Crippen MR) is 79.9 cm³/mol. The molecule has 1 amide bonds. The molecule has 0 radical (unpaired) electrons. The highest BCUT2D eigenvalue weighted by molar-refractivity contribution is 5.90. The van der Waals surface area contributed by atoms with Crippen molar-refractivity contribution in [3.05, 3.63) is 35.7 Å². The van der Waals surface area contributed by atoms with E-state index in [4.69, 9.17) is 5.11 Å². The van der Waals surface area contributed by atoms with Crippen LogP contribution in [0.2, 0.25) is 0 Å². The van der Waals surface area contributed by atoms with Crippen LogP contribution in [0.15, 0.2) is 24.4 Å². The van der Waals surface area contributed by atoms with Crippen LogP contribution in [0.3, 0.4) is 0 Å². The van der Waals surface area contributed by atoms with Crippen LogP contribution in [-0.4, -0.2) is 32.6 Å². The summed E-state index contributed by atoms with van der Waals surface area (Å²) in [4.78, 5) is 11.1. The number of aromatic nitrogens is 3. The zero-order chi connectivity index (χ0) is 15.2. The van der Waals surface area contributed by atoms with E-state index in [1.807, 2.05) is 25.1 Å². The van der Waals surface area contributed by atoms with E-state index in [2.05, 4.69) is 20.9 Å². The van der Waals surface area contributed by atoms with Crippen molar-refractivity contribution in [3.8, 4) is 0 Å². The lowest BCUT2D eigenvalue weighted by atomic mass is 10.1. The Morgan fingerprint density at radius 1 is 1.43 bits per heavy atom. The summed E-state index contributed by atoms with van der Waals surface area (Å²) < 4.78 is 1.59. The van der Waals surface area contributed by atoms with Crippen molar-refractivity contribution in [3.63, 3.8) is 0 Å². The fourth-order valence-corrected chi connectivity index (χ4v) is 1.88. The van der Waals surface area contributed by atoms with E-state index in [1.165, 1.54) is 6.92 Å². The smallest absolute Gasteiger partial charge is 0.221 e. The van der Waals surface area contributed by atoms with Crippen LogP contribution in [0.1, 0.15) is 18.2 Å². The van der Waals surface area contributed by atoms with Crippen molar-refractivity contribution < 1.29 is 9.90 Å². The molecule has 0 unspecified atom stereocenters. The number of hydrogen-bond acceptors (Lipinski definition) is 5. The van der Waals surface area contributed by atoms with Crippen molar-refractivity contribution in [2.75, 3.05) is 17.2 Å². The summed E-state index contributed by atoms with van der Waals surface area (Å²) in [6.45, 7) is 4.42. The highest BCUT2D eigenvalue weighted by Gasteiger charge is 2.04. The van der Waals surface area contributed by atoms with E-state index in [0.29, 0.717) is 13.1 Å². The molecule has 0 atom stereocenters. The molecule has 0 aliphatic rings. The Morgan fingerprint density at radius 2 is 2.24 bits per heavy atom. The summed E-state index contributed by atoms with van der Waals surface area (Å²) in [6.07, 6.45) is 1.78. The first-order chi connectivity index (χ1) is 10.1. The number of rotatable bonds is 6. The molecule has 0 aliphatic heterocycles. The fourth-order valence-electron chi connectivity index (χ4n) is 1.88. The molecule has 7 heteroatoms. The maximum atomic E-state index is 11.1. The van der Waals surface area contributed by atoms with Gasteiger partial charge in [0.1, 0.15) is 5.69 Å². The Hall–Kier alpha value is -2.41. The lowest BCUT2D eigenvalue weighted by Crippen LogP contribution is -2.08. The topological polar surface area (TPSA) is 92.1 Å². The highest BCUT2D eigenvalue weighted by atomic mass is 16.3. The molecule has 112 valence electrons. The van der Waals surface area contributed by atoms with E-state index < -0.39 is 0 Å². The van der Waals surface area contributed by atoms with Crippen molar-refractivity contribution >= 4 is 17.3 Å². The van der Waals surface area contributed by atoms with Crippen LogP contribution in [0.5, 0.6) is 0 Å². The van der Waals surface area contributed by atoms with Crippen LogP contribution >= 0.6 is 0 Å². The standard InChI is InChI=1S/C14H19N5O2/c1-10-3-4-12(7-14(10)16-11(2)21)15-8-13-9-19(5-6-20)18-17-13/h3-4,7,9,15,20H,5-6,8H2,1-2H3,(H,16,21). The van der Waals surface area contributed by atoms with E-state index in [1.54, 1.807) is 10.9 Å². The summed E-state index contributed by atoms with van der Waals surface area (Å²) in [6, 6.07) is 5.77. The molecule has 0 fully saturated rings. The largest absolute Gasteiger partial charge is 0.394 e. The van der Waals surface area contributed by atoms with E-state index in [0.717, 1.165) is 22.6 Å². The van der Waals surface area contributed by atoms with E-state index in [9.17, 15) is 4.79 Å². The van der Waals surface area contributed by atoms with Crippen LogP contribution in [0.25, 0.3) is 0 Å². The van der Waals surface area contributed by atoms with Crippen LogP contribution in [-0.2, 0) is 17.9 Å². The number of benzene rings is 1. The number of aliphatic hydroxyl groups excluding tert-OH is 1. The SMILES string of the molecule is CC(=O)Nc1cc(NCc2cn(CCO)nn2)ccc1C. The van der Waals surface area contributed by atoms with Gasteiger partial charge < -0.3 is 15.7 Å². The maximum absolute atomic E-state index is 11.1. The third kappa shape index (κ3) is 4.28. The summed E-state index contributed by atoms with van der Waals surface area (Å²) >= 11 is 0. The quantitative estimate of drug-likeness (QED) is 0.742. The maximum Gasteiger partial charge on any atom is 0.221 e. The first kappa shape index (κ1) is 15.0. The predicted octanol–water partition coefficient (Wildman–Crippen LogP) is 1.15. The molecule has 3 N–H and O–H groups in total. The number of aliphatic hydroxyl groups is 1. The van der Waals surface area contributed by atoms with Crippen LogP contribution in [0, 0.1) is 6.92 Å². The van der Waals surface area contributed by atoms with Gasteiger partial charge in [-0.25, -0.2) is 4.68 Å². The molecular weight excluding hydrogens is 270 g/mol. The minimum atomic E-state index is -0.0952. The number of anilines is 2. The molecule has 0 bridgehead atoms. The first-order valence-corrected chi connectivity index (χ1v) is 6.70. The van der Waals surface area contributed by atoms with Crippen LogP contribution < -0.4 is 10.6 Å². The monoisotopic (exact) mass is 289 g/mol. The normalized spacial score (nSPS) is 10.4. The number of amides is 1. The second-order valence-corrected chi connectivity index (χ2v) is 4.76. The number of nitrogens with zero attached hydrogens (tertiary/aromatic N) is 3. The van der Waals surface area contributed by atoms with Gasteiger partial charge in [-0.15, -0.1) is 5.10 Å². The van der Waals surface area contributed by atoms with Gasteiger partial charge in [0.05, 0.1) is 25.9 Å². The minimum absolute atomic E-state index is 0.0360. The van der Waals surface area contributed by atoms with Gasteiger partial charge in [-0.05, 0) is 24.6 Å². The van der Waals surface area contributed by atoms with Gasteiger partial charge in [0.2, 0.25) is 5.91 Å². The van der Waals surface area contributed by atoms with Crippen molar-refractivity contribution in [1.82, 2.24) is 15.0 Å². The molecule has 21 heavy (non-hydrogen) atoms. The Morgan fingerprint density at radius 3 is 2.95 bits per heavy atom. The van der Waals surface area contributed by atoms with Gasteiger partial charge in [0.15, 0.2) is 0 Å². The molecule has 2 rings (SSSR count). The van der Waals surface area contributed by atoms with Gasteiger partial charge >= 0.3 is 0 Å². The van der Waals surface area contributed by atoms with Gasteiger partial charge in [0.25, 0.3) is 0 Å². The van der Waals surface area contributed by atoms with Crippen molar-refractivity contribution in [1.29, 1.82) is 0 Å². The molecule has 1 aromatic carbocycles. The third-order valence-electron chi connectivity index (χ3n) is 2.94. The number of hydrogen-bond donors (Lipinski definition) is 3. The average molecular weight is 289 g/mol. The molecule has 0 saturated heterocycles. The third-order valence-corrected chi connectivity index (χ3v) is 2.94. The molecule has 0 saturated carbocycles. The first-order valence-electron chi connectivity index (χ1n) is 6.70. The molecule has 1 aromatic heterocycles. The average Bonchev–Trinajstić information content (AvgIpc) is 2.87. The van der Waals surface area contributed by atoms with Gasteiger partial charge in [-0.3, -0.25) is 4.79 Å². The molecule has 7 nitrogen and oxygen atoms in total. The molecule has 0 spiro atoms. The Bertz CT molecular complexity index is 624. The number of aryl methyl sites for hydroxylation is 1. The van der Waals surface area contributed by atoms with Gasteiger partial charge in [0, 0.05) is 18.3 Å². The molecule has 0 aliphatic carbocycles. The van der Waals surface area contributed by atoms with Crippen molar-refractivity contribution in [2.24, 2.45) is 0 Å². The highest BCUT2D eigenvalue weighted by Crippen LogP contribution is 2.20. The van der Waals surface area contributed by atoms with Gasteiger partial charge in [-0.2, -0.15) is 0 Å². The molecule has 1 heterocycles. The summed E-state index contributed by atoms with van der Waals surface area (Å²) in [7, 11) is 0. The molecule has 2 aromatic rings. The summed E-state index contributed by atoms with van der Waals surface area (Å²) in [5, 5.41) is 22.8. The fraction of sp³-hybridized carbons (Fsp3) is 0.357. The molecular formula is C14H19N5O2. The Balaban J connectivity index is 2.00. The van der Waals surface area contributed by atoms with Gasteiger partial charge in [-0.1, -0.05) is 11.3 Å². The van der Waals surface area contributed by atoms with E-state index >= 15 is 0 Å².